The first-order valence-corrected chi connectivity index (χ1v) is 7.25. The van der Waals surface area contributed by atoms with E-state index in [-0.39, 0.29) is 6.04 Å². The quantitative estimate of drug-likeness (QED) is 0.838. The predicted octanol–water partition coefficient (Wildman–Crippen LogP) is 4.83. The predicted molar refractivity (Wildman–Crippen MR) is 79.0 cm³/mol. The standard InChI is InChI=1S/C13H13BrClNS/c1-7-5-9(3-4-10(7)15)12(16)11-6-8(2)13(14)17-11/h3-6,12H,16H2,1-2H3. The Morgan fingerprint density at radius 3 is 2.47 bits per heavy atom. The Bertz CT molecular complexity index is 531. The Labute approximate surface area is 119 Å². The lowest BCUT2D eigenvalue weighted by atomic mass is 10.0. The molecular formula is C13H13BrClNS. The van der Waals surface area contributed by atoms with Gasteiger partial charge < -0.3 is 5.73 Å². The van der Waals surface area contributed by atoms with E-state index in [1.54, 1.807) is 11.3 Å². The molecule has 0 saturated heterocycles. The Morgan fingerprint density at radius 1 is 1.24 bits per heavy atom. The highest BCUT2D eigenvalue weighted by molar-refractivity contribution is 9.11. The van der Waals surface area contributed by atoms with Crippen LogP contribution in [-0.2, 0) is 0 Å². The van der Waals surface area contributed by atoms with Crippen LogP contribution in [0.3, 0.4) is 0 Å². The molecule has 0 fully saturated rings. The van der Waals surface area contributed by atoms with Gasteiger partial charge in [-0.1, -0.05) is 23.7 Å². The fourth-order valence-corrected chi connectivity index (χ4v) is 3.38. The fourth-order valence-electron chi connectivity index (χ4n) is 1.66. The van der Waals surface area contributed by atoms with Crippen molar-refractivity contribution in [3.63, 3.8) is 0 Å². The maximum Gasteiger partial charge on any atom is 0.0731 e. The van der Waals surface area contributed by atoms with Gasteiger partial charge in [-0.3, -0.25) is 0 Å². The van der Waals surface area contributed by atoms with Crippen molar-refractivity contribution in [1.29, 1.82) is 0 Å². The monoisotopic (exact) mass is 329 g/mol. The van der Waals surface area contributed by atoms with Gasteiger partial charge in [-0.2, -0.15) is 0 Å². The van der Waals surface area contributed by atoms with Gasteiger partial charge in [-0.15, -0.1) is 11.3 Å². The molecule has 1 atom stereocenters. The van der Waals surface area contributed by atoms with E-state index in [0.717, 1.165) is 24.8 Å². The van der Waals surface area contributed by atoms with Gasteiger partial charge in [0, 0.05) is 9.90 Å². The van der Waals surface area contributed by atoms with Gasteiger partial charge in [0.2, 0.25) is 0 Å². The third-order valence-electron chi connectivity index (χ3n) is 2.72. The summed E-state index contributed by atoms with van der Waals surface area (Å²) in [4.78, 5) is 1.16. The Balaban J connectivity index is 2.36. The first-order valence-electron chi connectivity index (χ1n) is 5.26. The maximum atomic E-state index is 6.26. The van der Waals surface area contributed by atoms with Crippen molar-refractivity contribution < 1.29 is 0 Å². The van der Waals surface area contributed by atoms with Crippen molar-refractivity contribution in [2.75, 3.05) is 0 Å². The lowest BCUT2D eigenvalue weighted by Crippen LogP contribution is -2.10. The van der Waals surface area contributed by atoms with E-state index in [0.29, 0.717) is 0 Å². The average Bonchev–Trinajstić information content (AvgIpc) is 2.62. The Kier molecular flexibility index (Phi) is 3.93. The third-order valence-corrected chi connectivity index (χ3v) is 5.37. The molecule has 1 nitrogen and oxygen atoms in total. The molecule has 4 heteroatoms. The summed E-state index contributed by atoms with van der Waals surface area (Å²) in [5.41, 5.74) is 9.65. The summed E-state index contributed by atoms with van der Waals surface area (Å²) in [6.45, 7) is 4.07. The minimum Gasteiger partial charge on any atom is -0.320 e. The highest BCUT2D eigenvalue weighted by Gasteiger charge is 2.13. The first-order chi connectivity index (χ1) is 7.99. The van der Waals surface area contributed by atoms with E-state index in [1.807, 2.05) is 19.1 Å². The molecule has 2 N–H and O–H groups in total. The van der Waals surface area contributed by atoms with Gasteiger partial charge in [0.25, 0.3) is 0 Å². The smallest absolute Gasteiger partial charge is 0.0731 e. The molecule has 1 aromatic carbocycles. The van der Waals surface area contributed by atoms with Crippen LogP contribution < -0.4 is 5.73 Å². The van der Waals surface area contributed by atoms with E-state index in [4.69, 9.17) is 17.3 Å². The number of rotatable bonds is 2. The van der Waals surface area contributed by atoms with Crippen LogP contribution in [0.15, 0.2) is 28.1 Å². The van der Waals surface area contributed by atoms with Gasteiger partial charge in [-0.25, -0.2) is 0 Å². The van der Waals surface area contributed by atoms with Crippen LogP contribution in [0, 0.1) is 13.8 Å². The molecule has 2 aromatic rings. The molecule has 2 rings (SSSR count). The van der Waals surface area contributed by atoms with Crippen LogP contribution in [-0.4, -0.2) is 0 Å². The van der Waals surface area contributed by atoms with Crippen molar-refractivity contribution in [3.8, 4) is 0 Å². The number of nitrogens with two attached hydrogens (primary N) is 1. The molecule has 1 aromatic heterocycles. The van der Waals surface area contributed by atoms with E-state index >= 15 is 0 Å². The van der Waals surface area contributed by atoms with Crippen molar-refractivity contribution in [3.05, 3.63) is 54.6 Å². The minimum absolute atomic E-state index is 0.0824. The molecule has 0 aliphatic carbocycles. The van der Waals surface area contributed by atoms with E-state index in [2.05, 4.69) is 35.0 Å². The number of hydrogen-bond donors (Lipinski definition) is 1. The lowest BCUT2D eigenvalue weighted by Gasteiger charge is -2.11. The number of thiophene rings is 1. The molecule has 0 amide bonds. The highest BCUT2D eigenvalue weighted by Crippen LogP contribution is 2.33. The van der Waals surface area contributed by atoms with Crippen molar-refractivity contribution in [2.24, 2.45) is 5.73 Å². The van der Waals surface area contributed by atoms with Crippen LogP contribution in [0.1, 0.15) is 27.6 Å². The van der Waals surface area contributed by atoms with Gasteiger partial charge in [-0.05, 0) is 58.6 Å². The molecule has 90 valence electrons. The number of aryl methyl sites for hydroxylation is 2. The summed E-state index contributed by atoms with van der Waals surface area (Å²) in [7, 11) is 0. The second-order valence-electron chi connectivity index (χ2n) is 4.09. The van der Waals surface area contributed by atoms with E-state index in [1.165, 1.54) is 5.56 Å². The molecule has 0 aliphatic rings. The lowest BCUT2D eigenvalue weighted by molar-refractivity contribution is 0.891. The van der Waals surface area contributed by atoms with Gasteiger partial charge in [0.15, 0.2) is 0 Å². The zero-order valence-corrected chi connectivity index (χ0v) is 12.8. The normalized spacial score (nSPS) is 12.8. The Hall–Kier alpha value is -0.350. The van der Waals surface area contributed by atoms with Crippen LogP contribution in [0.2, 0.25) is 5.02 Å². The van der Waals surface area contributed by atoms with E-state index < -0.39 is 0 Å². The van der Waals surface area contributed by atoms with Crippen molar-refractivity contribution in [1.82, 2.24) is 0 Å². The third kappa shape index (κ3) is 2.74. The van der Waals surface area contributed by atoms with Crippen molar-refractivity contribution in [2.45, 2.75) is 19.9 Å². The van der Waals surface area contributed by atoms with Crippen LogP contribution in [0.25, 0.3) is 0 Å². The summed E-state index contributed by atoms with van der Waals surface area (Å²) in [6, 6.07) is 7.99. The van der Waals surface area contributed by atoms with Crippen LogP contribution in [0.5, 0.6) is 0 Å². The summed E-state index contributed by atoms with van der Waals surface area (Å²) >= 11 is 11.2. The molecule has 0 spiro atoms. The zero-order chi connectivity index (χ0) is 12.6. The van der Waals surface area contributed by atoms with Crippen molar-refractivity contribution >= 4 is 38.9 Å². The summed E-state index contributed by atoms with van der Waals surface area (Å²) < 4.78 is 1.15. The minimum atomic E-state index is -0.0824. The van der Waals surface area contributed by atoms with Gasteiger partial charge in [0.05, 0.1) is 9.83 Å². The molecule has 1 heterocycles. The molecule has 1 unspecified atom stereocenters. The zero-order valence-electron chi connectivity index (χ0n) is 9.63. The summed E-state index contributed by atoms with van der Waals surface area (Å²) in [5, 5.41) is 0.782. The fraction of sp³-hybridized carbons (Fsp3) is 0.231. The molecular weight excluding hydrogens is 318 g/mol. The SMILES string of the molecule is Cc1cc(C(N)c2cc(C)c(Br)s2)ccc1Cl. The maximum absolute atomic E-state index is 6.26. The topological polar surface area (TPSA) is 26.0 Å². The van der Waals surface area contributed by atoms with E-state index in [9.17, 15) is 0 Å². The number of halogens is 2. The highest BCUT2D eigenvalue weighted by atomic mass is 79.9. The molecule has 0 radical (unpaired) electrons. The van der Waals surface area contributed by atoms with Gasteiger partial charge >= 0.3 is 0 Å². The summed E-state index contributed by atoms with van der Waals surface area (Å²) in [5.74, 6) is 0. The second-order valence-corrected chi connectivity index (χ2v) is 6.90. The molecule has 0 aliphatic heterocycles. The number of benzene rings is 1. The molecule has 0 saturated carbocycles. The van der Waals surface area contributed by atoms with Gasteiger partial charge in [0.1, 0.15) is 0 Å². The van der Waals surface area contributed by atoms with Crippen LogP contribution in [0.4, 0.5) is 0 Å². The summed E-state index contributed by atoms with van der Waals surface area (Å²) in [6.07, 6.45) is 0. The van der Waals surface area contributed by atoms with Crippen LogP contribution >= 0.6 is 38.9 Å². The molecule has 0 bridgehead atoms. The largest absolute Gasteiger partial charge is 0.320 e. The second kappa shape index (κ2) is 5.11. The average molecular weight is 331 g/mol. The molecule has 17 heavy (non-hydrogen) atoms. The Morgan fingerprint density at radius 2 is 1.94 bits per heavy atom. The number of hydrogen-bond acceptors (Lipinski definition) is 2. The first kappa shape index (κ1) is 13.1.